The van der Waals surface area contributed by atoms with E-state index in [9.17, 15) is 13.2 Å². The van der Waals surface area contributed by atoms with Crippen molar-refractivity contribution in [1.29, 1.82) is 0 Å². The first kappa shape index (κ1) is 11.8. The summed E-state index contributed by atoms with van der Waals surface area (Å²) in [4.78, 5) is 8.05. The van der Waals surface area contributed by atoms with Crippen LogP contribution in [0.15, 0.2) is 23.6 Å². The quantitative estimate of drug-likeness (QED) is 0.573. The first-order chi connectivity index (χ1) is 7.47. The molecule has 0 saturated heterocycles. The number of alkyl halides is 3. The second-order valence-corrected chi connectivity index (χ2v) is 4.80. The summed E-state index contributed by atoms with van der Waals surface area (Å²) in [6.45, 7) is 0. The minimum Gasteiger partial charge on any atom is -0.222 e. The molecule has 84 valence electrons. The molecule has 0 aromatic carbocycles. The fraction of sp³-hybridized carbons (Fsp3) is 0.111. The Hall–Kier alpha value is -0.700. The van der Waals surface area contributed by atoms with E-state index in [-0.39, 0.29) is 3.83 Å². The smallest absolute Gasteiger partial charge is 0.222 e. The maximum atomic E-state index is 12.5. The van der Waals surface area contributed by atoms with Crippen LogP contribution in [0.4, 0.5) is 13.2 Å². The molecule has 0 saturated carbocycles. The molecule has 0 unspecified atom stereocenters. The second-order valence-electron chi connectivity index (χ2n) is 2.88. The first-order valence-corrected chi connectivity index (χ1v) is 6.08. The summed E-state index contributed by atoms with van der Waals surface area (Å²) >= 11 is 3.02. The lowest BCUT2D eigenvalue weighted by Crippen LogP contribution is -2.10. The Morgan fingerprint density at radius 1 is 1.25 bits per heavy atom. The van der Waals surface area contributed by atoms with E-state index < -0.39 is 11.9 Å². The Labute approximate surface area is 107 Å². The van der Waals surface area contributed by atoms with Crippen LogP contribution in [0.25, 0.3) is 10.6 Å². The van der Waals surface area contributed by atoms with Gasteiger partial charge in [0, 0.05) is 22.6 Å². The van der Waals surface area contributed by atoms with Gasteiger partial charge in [0.15, 0.2) is 3.83 Å². The van der Waals surface area contributed by atoms with Crippen LogP contribution >= 0.6 is 33.9 Å². The molecule has 2 heterocycles. The van der Waals surface area contributed by atoms with Crippen molar-refractivity contribution in [2.75, 3.05) is 0 Å². The third-order valence-electron chi connectivity index (χ3n) is 1.76. The fourth-order valence-corrected chi connectivity index (χ4v) is 2.32. The number of halogens is 4. The zero-order valence-corrected chi connectivity index (χ0v) is 10.6. The highest BCUT2D eigenvalue weighted by atomic mass is 127. The SMILES string of the molecule is FC(F)(F)c1cc(-c2cccs2)nc(I)n1. The van der Waals surface area contributed by atoms with E-state index in [4.69, 9.17) is 0 Å². The lowest BCUT2D eigenvalue weighted by atomic mass is 10.3. The lowest BCUT2D eigenvalue weighted by molar-refractivity contribution is -0.141. The van der Waals surface area contributed by atoms with Gasteiger partial charge in [-0.3, -0.25) is 0 Å². The van der Waals surface area contributed by atoms with E-state index in [1.807, 2.05) is 0 Å². The van der Waals surface area contributed by atoms with Crippen molar-refractivity contribution in [3.63, 3.8) is 0 Å². The van der Waals surface area contributed by atoms with Gasteiger partial charge in [-0.15, -0.1) is 11.3 Å². The molecule has 0 bridgehead atoms. The van der Waals surface area contributed by atoms with Gasteiger partial charge >= 0.3 is 6.18 Å². The van der Waals surface area contributed by atoms with Crippen LogP contribution in [-0.2, 0) is 6.18 Å². The number of hydrogen-bond donors (Lipinski definition) is 0. The predicted molar refractivity (Wildman–Crippen MR) is 63.1 cm³/mol. The van der Waals surface area contributed by atoms with Gasteiger partial charge in [0.25, 0.3) is 0 Å². The minimum atomic E-state index is -4.44. The Kier molecular flexibility index (Phi) is 3.15. The molecule has 0 aliphatic rings. The van der Waals surface area contributed by atoms with Crippen LogP contribution in [0.1, 0.15) is 5.69 Å². The monoisotopic (exact) mass is 356 g/mol. The molecule has 0 spiro atoms. The van der Waals surface area contributed by atoms with E-state index in [2.05, 4.69) is 9.97 Å². The molecule has 0 amide bonds. The number of nitrogens with zero attached hydrogens (tertiary/aromatic N) is 2. The van der Waals surface area contributed by atoms with Gasteiger partial charge in [-0.05, 0) is 17.5 Å². The third-order valence-corrected chi connectivity index (χ3v) is 3.14. The van der Waals surface area contributed by atoms with Gasteiger partial charge in [0.2, 0.25) is 0 Å². The van der Waals surface area contributed by atoms with Crippen molar-refractivity contribution >= 4 is 33.9 Å². The van der Waals surface area contributed by atoms with Crippen LogP contribution in [0.3, 0.4) is 0 Å². The fourth-order valence-electron chi connectivity index (χ4n) is 1.11. The summed E-state index contributed by atoms with van der Waals surface area (Å²) in [7, 11) is 0. The Balaban J connectivity index is 2.53. The summed E-state index contributed by atoms with van der Waals surface area (Å²) in [5, 5.41) is 1.79. The highest BCUT2D eigenvalue weighted by molar-refractivity contribution is 14.1. The first-order valence-electron chi connectivity index (χ1n) is 4.12. The zero-order valence-electron chi connectivity index (χ0n) is 7.62. The predicted octanol–water partition coefficient (Wildman–Crippen LogP) is 3.83. The topological polar surface area (TPSA) is 25.8 Å². The summed E-state index contributed by atoms with van der Waals surface area (Å²) in [6.07, 6.45) is -4.44. The van der Waals surface area contributed by atoms with E-state index in [0.717, 1.165) is 6.07 Å². The second kappa shape index (κ2) is 4.28. The molecule has 0 atom stereocenters. The summed E-state index contributed by atoms with van der Waals surface area (Å²) in [5.41, 5.74) is -0.600. The standard InChI is InChI=1S/C9H4F3IN2S/c10-9(11,12)7-4-5(14-8(13)15-7)6-2-1-3-16-6/h1-4H. The summed E-state index contributed by atoms with van der Waals surface area (Å²) in [5.74, 6) is 0. The molecule has 0 radical (unpaired) electrons. The molecular weight excluding hydrogens is 352 g/mol. The maximum Gasteiger partial charge on any atom is 0.433 e. The molecular formula is C9H4F3IN2S. The van der Waals surface area contributed by atoms with E-state index >= 15 is 0 Å². The Morgan fingerprint density at radius 3 is 2.56 bits per heavy atom. The lowest BCUT2D eigenvalue weighted by Gasteiger charge is -2.07. The molecule has 2 aromatic heterocycles. The maximum absolute atomic E-state index is 12.5. The highest BCUT2D eigenvalue weighted by Gasteiger charge is 2.33. The van der Waals surface area contributed by atoms with Crippen LogP contribution in [-0.4, -0.2) is 9.97 Å². The van der Waals surface area contributed by atoms with Gasteiger partial charge in [0.05, 0.1) is 10.6 Å². The third kappa shape index (κ3) is 2.51. The minimum absolute atomic E-state index is 0.0934. The number of thiophene rings is 1. The number of hydrogen-bond acceptors (Lipinski definition) is 3. The summed E-state index contributed by atoms with van der Waals surface area (Å²) in [6, 6.07) is 4.46. The summed E-state index contributed by atoms with van der Waals surface area (Å²) < 4.78 is 37.6. The highest BCUT2D eigenvalue weighted by Crippen LogP contribution is 2.31. The molecule has 2 nitrogen and oxygen atoms in total. The Morgan fingerprint density at radius 2 is 2.00 bits per heavy atom. The van der Waals surface area contributed by atoms with Crippen molar-refractivity contribution in [1.82, 2.24) is 9.97 Å². The van der Waals surface area contributed by atoms with Crippen molar-refractivity contribution in [2.24, 2.45) is 0 Å². The van der Waals surface area contributed by atoms with Gasteiger partial charge in [-0.1, -0.05) is 6.07 Å². The van der Waals surface area contributed by atoms with Gasteiger partial charge in [0.1, 0.15) is 5.69 Å². The van der Waals surface area contributed by atoms with E-state index in [0.29, 0.717) is 10.6 Å². The van der Waals surface area contributed by atoms with Crippen LogP contribution < -0.4 is 0 Å². The molecule has 16 heavy (non-hydrogen) atoms. The molecule has 0 aliphatic carbocycles. The normalized spacial score (nSPS) is 11.8. The Bertz CT molecular complexity index is 496. The molecule has 0 fully saturated rings. The number of aromatic nitrogens is 2. The molecule has 0 aliphatic heterocycles. The van der Waals surface area contributed by atoms with Crippen LogP contribution in [0.5, 0.6) is 0 Å². The largest absolute Gasteiger partial charge is 0.433 e. The van der Waals surface area contributed by atoms with Crippen molar-refractivity contribution in [3.05, 3.63) is 33.1 Å². The van der Waals surface area contributed by atoms with Crippen LogP contribution in [0, 0.1) is 3.83 Å². The van der Waals surface area contributed by atoms with Crippen molar-refractivity contribution < 1.29 is 13.2 Å². The average Bonchev–Trinajstić information content (AvgIpc) is 2.68. The average molecular weight is 356 g/mol. The van der Waals surface area contributed by atoms with Crippen LogP contribution in [0.2, 0.25) is 0 Å². The van der Waals surface area contributed by atoms with Gasteiger partial charge in [-0.25, -0.2) is 9.97 Å². The molecule has 2 aromatic rings. The van der Waals surface area contributed by atoms with E-state index in [1.54, 1.807) is 40.1 Å². The van der Waals surface area contributed by atoms with Gasteiger partial charge in [-0.2, -0.15) is 13.2 Å². The van der Waals surface area contributed by atoms with E-state index in [1.165, 1.54) is 11.3 Å². The molecule has 0 N–H and O–H groups in total. The van der Waals surface area contributed by atoms with Crippen molar-refractivity contribution in [2.45, 2.75) is 6.18 Å². The van der Waals surface area contributed by atoms with Crippen molar-refractivity contribution in [3.8, 4) is 10.6 Å². The zero-order chi connectivity index (χ0) is 11.8. The molecule has 2 rings (SSSR count). The molecule has 7 heteroatoms. The van der Waals surface area contributed by atoms with Gasteiger partial charge < -0.3 is 0 Å². The number of rotatable bonds is 1.